The first-order valence-corrected chi connectivity index (χ1v) is 11.5. The number of carbonyl (C=O) groups excluding carboxylic acids is 2. The van der Waals surface area contributed by atoms with Crippen LogP contribution in [0, 0.1) is 0 Å². The van der Waals surface area contributed by atoms with E-state index in [4.69, 9.17) is 9.47 Å². The topological polar surface area (TPSA) is 76.7 Å². The Hall–Kier alpha value is -1.92. The molecule has 2 amide bonds. The van der Waals surface area contributed by atoms with Gasteiger partial charge >= 0.3 is 0 Å². The van der Waals surface area contributed by atoms with Gasteiger partial charge in [-0.1, -0.05) is 0 Å². The zero-order valence-corrected chi connectivity index (χ0v) is 18.3. The molecule has 2 saturated heterocycles. The fraction of sp³-hybridized carbons (Fsp3) is 0.667. The van der Waals surface area contributed by atoms with Crippen LogP contribution in [0.15, 0.2) is 24.3 Å². The quantitative estimate of drug-likeness (QED) is 0.608. The fourth-order valence-electron chi connectivity index (χ4n) is 4.15. The zero-order chi connectivity index (χ0) is 21.3. The Balaban J connectivity index is 1.40. The van der Waals surface area contributed by atoms with Gasteiger partial charge in [-0.3, -0.25) is 9.59 Å². The minimum Gasteiger partial charge on any atom is -0.378 e. The van der Waals surface area contributed by atoms with Crippen LogP contribution >= 0.6 is 0 Å². The molecule has 0 aromatic heterocycles. The lowest BCUT2D eigenvalue weighted by Crippen LogP contribution is -2.34. The van der Waals surface area contributed by atoms with E-state index in [1.165, 1.54) is 0 Å². The van der Waals surface area contributed by atoms with Crippen LogP contribution in [-0.4, -0.2) is 49.3 Å². The molecule has 1 aromatic carbocycles. The summed E-state index contributed by atoms with van der Waals surface area (Å²) in [6.07, 6.45) is 8.97. The first kappa shape index (κ1) is 22.8. The van der Waals surface area contributed by atoms with Crippen LogP contribution < -0.4 is 10.6 Å². The monoisotopic (exact) mass is 416 g/mol. The second-order valence-electron chi connectivity index (χ2n) is 8.75. The second-order valence-corrected chi connectivity index (χ2v) is 8.75. The van der Waals surface area contributed by atoms with Gasteiger partial charge in [-0.2, -0.15) is 0 Å². The van der Waals surface area contributed by atoms with Crippen molar-refractivity contribution in [3.8, 4) is 0 Å². The molecule has 2 aliphatic rings. The van der Waals surface area contributed by atoms with Gasteiger partial charge in [0.2, 0.25) is 0 Å². The molecule has 166 valence electrons. The number of hydrogen-bond acceptors (Lipinski definition) is 4. The van der Waals surface area contributed by atoms with Crippen molar-refractivity contribution < 1.29 is 19.1 Å². The smallest absolute Gasteiger partial charge is 0.251 e. The molecule has 2 fully saturated rings. The second kappa shape index (κ2) is 11.5. The maximum atomic E-state index is 12.5. The first-order chi connectivity index (χ1) is 14.5. The van der Waals surface area contributed by atoms with E-state index in [9.17, 15) is 9.59 Å². The van der Waals surface area contributed by atoms with Crippen molar-refractivity contribution in [3.63, 3.8) is 0 Å². The summed E-state index contributed by atoms with van der Waals surface area (Å²) >= 11 is 0. The Labute approximate surface area is 180 Å². The zero-order valence-electron chi connectivity index (χ0n) is 18.3. The first-order valence-electron chi connectivity index (χ1n) is 11.5. The number of amides is 2. The number of rotatable bonds is 10. The van der Waals surface area contributed by atoms with Crippen LogP contribution in [-0.2, 0) is 9.47 Å². The predicted molar refractivity (Wildman–Crippen MR) is 117 cm³/mol. The van der Waals surface area contributed by atoms with E-state index in [1.807, 2.05) is 13.8 Å². The van der Waals surface area contributed by atoms with Gasteiger partial charge in [-0.05, 0) is 89.5 Å². The normalized spacial score (nSPS) is 23.1. The molecule has 6 heteroatoms. The minimum absolute atomic E-state index is 0.0920. The molecule has 30 heavy (non-hydrogen) atoms. The largest absolute Gasteiger partial charge is 0.378 e. The van der Waals surface area contributed by atoms with E-state index in [0.29, 0.717) is 23.3 Å². The summed E-state index contributed by atoms with van der Waals surface area (Å²) in [7, 11) is 0. The van der Waals surface area contributed by atoms with Crippen molar-refractivity contribution in [2.75, 3.05) is 13.2 Å². The maximum absolute atomic E-state index is 12.5. The summed E-state index contributed by atoms with van der Waals surface area (Å²) in [6.45, 7) is 5.76. The van der Waals surface area contributed by atoms with E-state index in [0.717, 1.165) is 64.6 Å². The molecular weight excluding hydrogens is 380 g/mol. The Morgan fingerprint density at radius 3 is 1.57 bits per heavy atom. The van der Waals surface area contributed by atoms with Crippen LogP contribution in [0.3, 0.4) is 0 Å². The lowest BCUT2D eigenvalue weighted by atomic mass is 10.1. The molecule has 6 nitrogen and oxygen atoms in total. The number of hydrogen-bond donors (Lipinski definition) is 2. The van der Waals surface area contributed by atoms with Gasteiger partial charge in [0.25, 0.3) is 11.8 Å². The van der Waals surface area contributed by atoms with Crippen LogP contribution in [0.25, 0.3) is 0 Å². The summed E-state index contributed by atoms with van der Waals surface area (Å²) < 4.78 is 11.3. The van der Waals surface area contributed by atoms with E-state index >= 15 is 0 Å². The van der Waals surface area contributed by atoms with Gasteiger partial charge in [-0.15, -0.1) is 0 Å². The van der Waals surface area contributed by atoms with Crippen LogP contribution in [0.4, 0.5) is 0 Å². The molecule has 2 N–H and O–H groups in total. The van der Waals surface area contributed by atoms with Crippen LogP contribution in [0.1, 0.15) is 85.9 Å². The summed E-state index contributed by atoms with van der Waals surface area (Å²) in [5.41, 5.74) is 1.14. The van der Waals surface area contributed by atoms with E-state index < -0.39 is 0 Å². The molecule has 0 saturated carbocycles. The third-order valence-corrected chi connectivity index (χ3v) is 6.06. The van der Waals surface area contributed by atoms with E-state index in [-0.39, 0.29) is 23.9 Å². The average molecular weight is 417 g/mol. The van der Waals surface area contributed by atoms with Crippen molar-refractivity contribution in [1.29, 1.82) is 0 Å². The Bertz CT molecular complexity index is 620. The van der Waals surface area contributed by atoms with Crippen molar-refractivity contribution in [3.05, 3.63) is 35.4 Å². The van der Waals surface area contributed by atoms with Gasteiger partial charge in [0.05, 0.1) is 12.2 Å². The van der Waals surface area contributed by atoms with Crippen molar-refractivity contribution in [2.45, 2.75) is 89.5 Å². The maximum Gasteiger partial charge on any atom is 0.251 e. The lowest BCUT2D eigenvalue weighted by Gasteiger charge is -2.17. The number of benzene rings is 1. The molecule has 0 radical (unpaired) electrons. The average Bonchev–Trinajstić information content (AvgIpc) is 3.45. The van der Waals surface area contributed by atoms with Crippen LogP contribution in [0.5, 0.6) is 0 Å². The molecule has 1 aromatic rings. The molecule has 3 rings (SSSR count). The highest BCUT2D eigenvalue weighted by Gasteiger charge is 2.19. The number of ether oxygens (including phenoxy) is 2. The molecule has 0 spiro atoms. The standard InChI is InChI=1S/C24H36N2O4/c1-17(7-13-21-5-3-15-29-21)25-23(27)19-9-11-20(12-10-19)24(28)26-18(2)8-14-22-6-4-16-30-22/h9-12,17-18,21-22H,3-8,13-16H2,1-2H3,(H,25,27)(H,26,28). The van der Waals surface area contributed by atoms with Gasteiger partial charge < -0.3 is 20.1 Å². The van der Waals surface area contributed by atoms with Gasteiger partial charge in [0.1, 0.15) is 0 Å². The van der Waals surface area contributed by atoms with E-state index in [1.54, 1.807) is 24.3 Å². The van der Waals surface area contributed by atoms with E-state index in [2.05, 4.69) is 10.6 Å². The Morgan fingerprint density at radius 2 is 1.23 bits per heavy atom. The fourth-order valence-corrected chi connectivity index (χ4v) is 4.15. The molecular formula is C24H36N2O4. The molecule has 2 aliphatic heterocycles. The lowest BCUT2D eigenvalue weighted by molar-refractivity contribution is 0.0892. The molecule has 0 bridgehead atoms. The van der Waals surface area contributed by atoms with Gasteiger partial charge in [0, 0.05) is 36.4 Å². The Kier molecular flexibility index (Phi) is 8.70. The number of nitrogens with one attached hydrogen (secondary N) is 2. The third kappa shape index (κ3) is 7.10. The van der Waals surface area contributed by atoms with Crippen molar-refractivity contribution >= 4 is 11.8 Å². The predicted octanol–water partition coefficient (Wildman–Crippen LogP) is 3.84. The molecule has 2 heterocycles. The highest BCUT2D eigenvalue weighted by Crippen LogP contribution is 2.19. The summed E-state index contributed by atoms with van der Waals surface area (Å²) in [6, 6.07) is 7.05. The minimum atomic E-state index is -0.105. The molecule has 0 aliphatic carbocycles. The summed E-state index contributed by atoms with van der Waals surface area (Å²) in [5, 5.41) is 6.08. The SMILES string of the molecule is CC(CCC1CCCO1)NC(=O)c1ccc(C(=O)NC(C)CCC2CCCO2)cc1. The van der Waals surface area contributed by atoms with Gasteiger partial charge in [0.15, 0.2) is 0 Å². The Morgan fingerprint density at radius 1 is 0.833 bits per heavy atom. The number of carbonyl (C=O) groups is 2. The summed E-state index contributed by atoms with van der Waals surface area (Å²) in [4.78, 5) is 24.9. The van der Waals surface area contributed by atoms with Crippen LogP contribution in [0.2, 0.25) is 0 Å². The molecule has 4 atom stereocenters. The van der Waals surface area contributed by atoms with Crippen molar-refractivity contribution in [2.24, 2.45) is 0 Å². The summed E-state index contributed by atoms with van der Waals surface area (Å²) in [5.74, 6) is -0.210. The molecule has 4 unspecified atom stereocenters. The highest BCUT2D eigenvalue weighted by atomic mass is 16.5. The van der Waals surface area contributed by atoms with Gasteiger partial charge in [-0.25, -0.2) is 0 Å². The third-order valence-electron chi connectivity index (χ3n) is 6.06. The van der Waals surface area contributed by atoms with Crippen molar-refractivity contribution in [1.82, 2.24) is 10.6 Å². The highest BCUT2D eigenvalue weighted by molar-refractivity contribution is 5.98.